The number of aromatic carboxylic acids is 1. The Morgan fingerprint density at radius 1 is 1.57 bits per heavy atom. The first-order chi connectivity index (χ1) is 9.75. The quantitative estimate of drug-likeness (QED) is 0.723. The van der Waals surface area contributed by atoms with Crippen molar-refractivity contribution in [2.75, 3.05) is 30.3 Å². The minimum Gasteiger partial charge on any atom is -0.478 e. The Labute approximate surface area is 121 Å². The maximum atomic E-state index is 13.5. The highest BCUT2D eigenvalue weighted by molar-refractivity contribution is 6.00. The van der Waals surface area contributed by atoms with Gasteiger partial charge < -0.3 is 25.6 Å². The molecule has 1 aromatic rings. The first kappa shape index (κ1) is 15.5. The van der Waals surface area contributed by atoms with Crippen LogP contribution in [0.2, 0.25) is 0 Å². The minimum absolute atomic E-state index is 0.182. The number of aliphatic hydroxyl groups is 1. The molecule has 1 aromatic carbocycles. The van der Waals surface area contributed by atoms with Gasteiger partial charge in [-0.2, -0.15) is 0 Å². The number of halogens is 1. The molecule has 0 aliphatic carbocycles. The van der Waals surface area contributed by atoms with E-state index in [1.165, 1.54) is 6.07 Å². The fraction of sp³-hybridized carbons (Fsp3) is 0.500. The molecule has 0 saturated carbocycles. The number of carboxylic acid groups (broad SMARTS) is 1. The lowest BCUT2D eigenvalue weighted by atomic mass is 10.0. The Hall–Kier alpha value is -1.86. The molecule has 1 fully saturated rings. The van der Waals surface area contributed by atoms with Crippen LogP contribution in [-0.4, -0.2) is 47.6 Å². The third-order valence-corrected chi connectivity index (χ3v) is 3.41. The van der Waals surface area contributed by atoms with E-state index in [4.69, 9.17) is 10.5 Å². The number of carboxylic acids is 1. The number of benzene rings is 1. The molecule has 6 nitrogen and oxygen atoms in total. The molecular weight excluding hydrogens is 279 g/mol. The van der Waals surface area contributed by atoms with E-state index in [0.717, 1.165) is 6.07 Å². The number of ether oxygens (including phenoxy) is 1. The predicted molar refractivity (Wildman–Crippen MR) is 76.0 cm³/mol. The molecular formula is C14H19FN2O4. The van der Waals surface area contributed by atoms with Gasteiger partial charge >= 0.3 is 5.97 Å². The SMILES string of the molecule is CC1(C)CN(c2ccc(F)c(N)c2C(=O)O)CC(CO)O1. The minimum atomic E-state index is -1.29. The molecule has 0 radical (unpaired) electrons. The van der Waals surface area contributed by atoms with Gasteiger partial charge in [0.15, 0.2) is 0 Å². The Balaban J connectivity index is 2.46. The predicted octanol–water partition coefficient (Wildman–Crippen LogP) is 1.08. The zero-order chi connectivity index (χ0) is 15.8. The summed E-state index contributed by atoms with van der Waals surface area (Å²) >= 11 is 0. The van der Waals surface area contributed by atoms with Crippen molar-refractivity contribution in [1.82, 2.24) is 0 Å². The largest absolute Gasteiger partial charge is 0.478 e. The molecule has 1 aliphatic heterocycles. The van der Waals surface area contributed by atoms with Gasteiger partial charge in [-0.1, -0.05) is 0 Å². The number of hydrogen-bond acceptors (Lipinski definition) is 5. The molecule has 1 atom stereocenters. The highest BCUT2D eigenvalue weighted by atomic mass is 19.1. The van der Waals surface area contributed by atoms with Crippen LogP contribution in [0.5, 0.6) is 0 Å². The van der Waals surface area contributed by atoms with Gasteiger partial charge in [-0.05, 0) is 26.0 Å². The lowest BCUT2D eigenvalue weighted by Gasteiger charge is -2.43. The Morgan fingerprint density at radius 2 is 2.24 bits per heavy atom. The second-order valence-electron chi connectivity index (χ2n) is 5.72. The molecule has 116 valence electrons. The maximum Gasteiger partial charge on any atom is 0.340 e. The van der Waals surface area contributed by atoms with Crippen molar-refractivity contribution < 1.29 is 24.1 Å². The van der Waals surface area contributed by atoms with Gasteiger partial charge in [-0.15, -0.1) is 0 Å². The second-order valence-corrected chi connectivity index (χ2v) is 5.72. The zero-order valence-corrected chi connectivity index (χ0v) is 12.0. The number of anilines is 2. The van der Waals surface area contributed by atoms with Crippen LogP contribution in [0.1, 0.15) is 24.2 Å². The van der Waals surface area contributed by atoms with Crippen LogP contribution in [0.3, 0.4) is 0 Å². The summed E-state index contributed by atoms with van der Waals surface area (Å²) in [4.78, 5) is 13.1. The summed E-state index contributed by atoms with van der Waals surface area (Å²) in [5, 5.41) is 18.6. The fourth-order valence-corrected chi connectivity index (χ4v) is 2.65. The molecule has 0 bridgehead atoms. The van der Waals surface area contributed by atoms with Crippen LogP contribution in [-0.2, 0) is 4.74 Å². The first-order valence-electron chi connectivity index (χ1n) is 6.60. The second kappa shape index (κ2) is 5.50. The zero-order valence-electron chi connectivity index (χ0n) is 12.0. The number of rotatable bonds is 3. The van der Waals surface area contributed by atoms with Crippen LogP contribution < -0.4 is 10.6 Å². The smallest absolute Gasteiger partial charge is 0.340 e. The van der Waals surface area contributed by atoms with Crippen molar-refractivity contribution >= 4 is 17.3 Å². The molecule has 1 unspecified atom stereocenters. The molecule has 2 rings (SSSR count). The Morgan fingerprint density at radius 3 is 2.81 bits per heavy atom. The van der Waals surface area contributed by atoms with E-state index in [9.17, 15) is 19.4 Å². The van der Waals surface area contributed by atoms with Crippen molar-refractivity contribution in [2.24, 2.45) is 0 Å². The molecule has 1 saturated heterocycles. The Kier molecular flexibility index (Phi) is 4.06. The third kappa shape index (κ3) is 3.08. The van der Waals surface area contributed by atoms with Crippen LogP contribution in [0.15, 0.2) is 12.1 Å². The van der Waals surface area contributed by atoms with Gasteiger partial charge in [0, 0.05) is 13.1 Å². The maximum absolute atomic E-state index is 13.5. The van der Waals surface area contributed by atoms with Crippen molar-refractivity contribution in [1.29, 1.82) is 0 Å². The van der Waals surface area contributed by atoms with Crippen LogP contribution >= 0.6 is 0 Å². The normalized spacial score (nSPS) is 21.3. The van der Waals surface area contributed by atoms with E-state index in [-0.39, 0.29) is 17.9 Å². The molecule has 0 aromatic heterocycles. The van der Waals surface area contributed by atoms with Crippen molar-refractivity contribution in [2.45, 2.75) is 25.6 Å². The molecule has 21 heavy (non-hydrogen) atoms. The molecule has 0 amide bonds. The number of nitrogens with zero attached hydrogens (tertiary/aromatic N) is 1. The molecule has 1 heterocycles. The lowest BCUT2D eigenvalue weighted by molar-refractivity contribution is -0.101. The van der Waals surface area contributed by atoms with E-state index in [2.05, 4.69) is 0 Å². The van der Waals surface area contributed by atoms with Crippen molar-refractivity contribution in [3.05, 3.63) is 23.5 Å². The topological polar surface area (TPSA) is 96.0 Å². The summed E-state index contributed by atoms with van der Waals surface area (Å²) in [5.41, 5.74) is 4.68. The number of aliphatic hydroxyl groups excluding tert-OH is 1. The highest BCUT2D eigenvalue weighted by Gasteiger charge is 2.35. The van der Waals surface area contributed by atoms with Crippen LogP contribution in [0, 0.1) is 5.82 Å². The number of morpholine rings is 1. The number of hydrogen-bond donors (Lipinski definition) is 3. The number of nitrogen functional groups attached to an aromatic ring is 1. The van der Waals surface area contributed by atoms with Gasteiger partial charge in [0.05, 0.1) is 29.7 Å². The summed E-state index contributed by atoms with van der Waals surface area (Å²) in [7, 11) is 0. The summed E-state index contributed by atoms with van der Waals surface area (Å²) in [5.74, 6) is -2.05. The van der Waals surface area contributed by atoms with Gasteiger partial charge in [0.2, 0.25) is 0 Å². The van der Waals surface area contributed by atoms with Crippen LogP contribution in [0.25, 0.3) is 0 Å². The summed E-state index contributed by atoms with van der Waals surface area (Å²) in [6, 6.07) is 2.54. The van der Waals surface area contributed by atoms with E-state index >= 15 is 0 Å². The summed E-state index contributed by atoms with van der Waals surface area (Å²) < 4.78 is 19.2. The van der Waals surface area contributed by atoms with E-state index < -0.39 is 23.5 Å². The van der Waals surface area contributed by atoms with Gasteiger partial charge in [-0.25, -0.2) is 9.18 Å². The average molecular weight is 298 g/mol. The monoisotopic (exact) mass is 298 g/mol. The fourth-order valence-electron chi connectivity index (χ4n) is 2.65. The van der Waals surface area contributed by atoms with Crippen molar-refractivity contribution in [3.63, 3.8) is 0 Å². The summed E-state index contributed by atoms with van der Waals surface area (Å²) in [6.45, 7) is 4.23. The number of nitrogens with two attached hydrogens (primary N) is 1. The molecule has 7 heteroatoms. The average Bonchev–Trinajstić information content (AvgIpc) is 2.39. The molecule has 4 N–H and O–H groups in total. The van der Waals surface area contributed by atoms with E-state index in [0.29, 0.717) is 18.8 Å². The molecule has 0 spiro atoms. The lowest BCUT2D eigenvalue weighted by Crippen LogP contribution is -2.54. The van der Waals surface area contributed by atoms with Crippen molar-refractivity contribution in [3.8, 4) is 0 Å². The van der Waals surface area contributed by atoms with Gasteiger partial charge in [0.1, 0.15) is 11.4 Å². The Bertz CT molecular complexity index is 562. The highest BCUT2D eigenvalue weighted by Crippen LogP contribution is 2.32. The first-order valence-corrected chi connectivity index (χ1v) is 6.60. The van der Waals surface area contributed by atoms with Gasteiger partial charge in [0.25, 0.3) is 0 Å². The standard InChI is InChI=1S/C14H19FN2O4/c1-14(2)7-17(5-8(6-18)21-14)10-4-3-9(15)12(16)11(10)13(19)20/h3-4,8,18H,5-7,16H2,1-2H3,(H,19,20). The van der Waals surface area contributed by atoms with E-state index in [1.807, 2.05) is 13.8 Å². The van der Waals surface area contributed by atoms with E-state index in [1.54, 1.807) is 4.90 Å². The molecule has 1 aliphatic rings. The number of carbonyl (C=O) groups is 1. The van der Waals surface area contributed by atoms with Crippen LogP contribution in [0.4, 0.5) is 15.8 Å². The summed E-state index contributed by atoms with van der Waals surface area (Å²) in [6.07, 6.45) is -0.443. The van der Waals surface area contributed by atoms with Gasteiger partial charge in [-0.3, -0.25) is 0 Å². The third-order valence-electron chi connectivity index (χ3n) is 3.41.